The summed E-state index contributed by atoms with van der Waals surface area (Å²) in [5.74, 6) is 0.0916. The molecule has 2 aromatic rings. The molecule has 0 aliphatic heterocycles. The molecule has 0 aliphatic rings. The van der Waals surface area contributed by atoms with Crippen molar-refractivity contribution in [2.24, 2.45) is 0 Å². The van der Waals surface area contributed by atoms with Crippen molar-refractivity contribution in [2.45, 2.75) is 52.5 Å². The molecule has 8 heteroatoms. The molecule has 0 aliphatic carbocycles. The highest BCUT2D eigenvalue weighted by Crippen LogP contribution is 2.36. The lowest BCUT2D eigenvalue weighted by atomic mass is 9.84. The van der Waals surface area contributed by atoms with Crippen LogP contribution in [0.1, 0.15) is 57.6 Å². The van der Waals surface area contributed by atoms with E-state index in [1.54, 1.807) is 6.07 Å². The van der Waals surface area contributed by atoms with Crippen LogP contribution in [-0.4, -0.2) is 32.6 Å². The smallest absolute Gasteiger partial charge is 0.410 e. The summed E-state index contributed by atoms with van der Waals surface area (Å²) in [7, 11) is 0. The van der Waals surface area contributed by atoms with E-state index < -0.39 is 17.0 Å². The summed E-state index contributed by atoms with van der Waals surface area (Å²) in [6, 6.07) is 1.69. The maximum absolute atomic E-state index is 12.3. The van der Waals surface area contributed by atoms with E-state index in [2.05, 4.69) is 20.6 Å². The van der Waals surface area contributed by atoms with E-state index in [1.807, 2.05) is 41.5 Å². The lowest BCUT2D eigenvalue weighted by Crippen LogP contribution is -2.40. The van der Waals surface area contributed by atoms with Gasteiger partial charge in [-0.3, -0.25) is 10.1 Å². The van der Waals surface area contributed by atoms with Crippen LogP contribution >= 0.6 is 0 Å². The molecule has 0 spiro atoms. The Kier molecular flexibility index (Phi) is 5.06. The average Bonchev–Trinajstić information content (AvgIpc) is 2.93. The molecule has 0 radical (unpaired) electrons. The summed E-state index contributed by atoms with van der Waals surface area (Å²) in [6.07, 6.45) is 1.54. The zero-order valence-corrected chi connectivity index (χ0v) is 15.8. The molecule has 0 saturated heterocycles. The van der Waals surface area contributed by atoms with Gasteiger partial charge in [-0.05, 0) is 32.3 Å². The summed E-state index contributed by atoms with van der Waals surface area (Å²) in [5, 5.41) is 14.2. The standard InChI is InChI=1S/C18H24N4O4/c1-17(2,3)12-10(7-8-19-13(12)21-16(24)25)15-20-11(9-26-15)14(23)22-18(4,5)6/h7-9H,1-6H3,(H,19,21)(H,22,23)(H,24,25). The zero-order chi connectivity index (χ0) is 19.7. The number of anilines is 1. The Morgan fingerprint density at radius 3 is 2.35 bits per heavy atom. The van der Waals surface area contributed by atoms with E-state index in [4.69, 9.17) is 9.52 Å². The number of amides is 2. The van der Waals surface area contributed by atoms with Crippen molar-refractivity contribution in [2.75, 3.05) is 5.32 Å². The summed E-state index contributed by atoms with van der Waals surface area (Å²) >= 11 is 0. The van der Waals surface area contributed by atoms with Gasteiger partial charge in [0.05, 0.1) is 0 Å². The molecule has 26 heavy (non-hydrogen) atoms. The van der Waals surface area contributed by atoms with Crippen molar-refractivity contribution in [1.82, 2.24) is 15.3 Å². The third kappa shape index (κ3) is 4.59. The number of carbonyl (C=O) groups is 2. The Labute approximate surface area is 152 Å². The highest BCUT2D eigenvalue weighted by molar-refractivity contribution is 5.93. The number of pyridine rings is 1. The fraction of sp³-hybridized carbons (Fsp3) is 0.444. The van der Waals surface area contributed by atoms with Gasteiger partial charge in [0.2, 0.25) is 5.89 Å². The second-order valence-electron chi connectivity index (χ2n) is 8.00. The van der Waals surface area contributed by atoms with Crippen LogP contribution in [-0.2, 0) is 5.41 Å². The molecular formula is C18H24N4O4. The first-order valence-corrected chi connectivity index (χ1v) is 8.16. The number of nitrogens with one attached hydrogen (secondary N) is 2. The Bertz CT molecular complexity index is 828. The van der Waals surface area contributed by atoms with Gasteiger partial charge in [0, 0.05) is 22.9 Å². The summed E-state index contributed by atoms with van der Waals surface area (Å²) in [5.41, 5.74) is 0.517. The van der Waals surface area contributed by atoms with Gasteiger partial charge in [0.1, 0.15) is 12.1 Å². The van der Waals surface area contributed by atoms with Crippen molar-refractivity contribution in [3.63, 3.8) is 0 Å². The molecule has 0 atom stereocenters. The van der Waals surface area contributed by atoms with Crippen molar-refractivity contribution in [3.8, 4) is 11.5 Å². The lowest BCUT2D eigenvalue weighted by Gasteiger charge is -2.24. The molecule has 0 saturated carbocycles. The third-order valence-corrected chi connectivity index (χ3v) is 3.38. The van der Waals surface area contributed by atoms with Crippen LogP contribution in [0.3, 0.4) is 0 Å². The number of oxazole rings is 1. The number of hydrogen-bond acceptors (Lipinski definition) is 5. The van der Waals surface area contributed by atoms with Gasteiger partial charge >= 0.3 is 6.09 Å². The van der Waals surface area contributed by atoms with Crippen LogP contribution < -0.4 is 10.6 Å². The second-order valence-corrected chi connectivity index (χ2v) is 8.00. The van der Waals surface area contributed by atoms with Gasteiger partial charge in [0.15, 0.2) is 5.69 Å². The molecule has 2 rings (SSSR count). The maximum Gasteiger partial charge on any atom is 0.410 e. The number of carboxylic acid groups (broad SMARTS) is 1. The van der Waals surface area contributed by atoms with E-state index in [0.29, 0.717) is 11.1 Å². The van der Waals surface area contributed by atoms with Crippen molar-refractivity contribution >= 4 is 17.8 Å². The van der Waals surface area contributed by atoms with Crippen LogP contribution in [0.5, 0.6) is 0 Å². The Balaban J connectivity index is 2.49. The predicted molar refractivity (Wildman–Crippen MR) is 97.3 cm³/mol. The lowest BCUT2D eigenvalue weighted by molar-refractivity contribution is 0.0914. The first kappa shape index (κ1) is 19.4. The first-order valence-electron chi connectivity index (χ1n) is 8.16. The topological polar surface area (TPSA) is 117 Å². The van der Waals surface area contributed by atoms with E-state index in [9.17, 15) is 9.59 Å². The first-order chi connectivity index (χ1) is 11.9. The van der Waals surface area contributed by atoms with Crippen LogP contribution in [0.2, 0.25) is 0 Å². The monoisotopic (exact) mass is 360 g/mol. The molecular weight excluding hydrogens is 336 g/mol. The average molecular weight is 360 g/mol. The highest BCUT2D eigenvalue weighted by atomic mass is 16.4. The van der Waals surface area contributed by atoms with Crippen LogP contribution in [0, 0.1) is 0 Å². The van der Waals surface area contributed by atoms with Gasteiger partial charge in [-0.15, -0.1) is 0 Å². The minimum Gasteiger partial charge on any atom is -0.465 e. The predicted octanol–water partition coefficient (Wildman–Crippen LogP) is 3.65. The third-order valence-electron chi connectivity index (χ3n) is 3.38. The van der Waals surface area contributed by atoms with Gasteiger partial charge < -0.3 is 14.8 Å². The Hall–Kier alpha value is -2.90. The molecule has 3 N–H and O–H groups in total. The van der Waals surface area contributed by atoms with E-state index in [0.717, 1.165) is 0 Å². The fourth-order valence-corrected chi connectivity index (χ4v) is 2.50. The van der Waals surface area contributed by atoms with Gasteiger partial charge in [-0.2, -0.15) is 0 Å². The van der Waals surface area contributed by atoms with Gasteiger partial charge in [-0.25, -0.2) is 14.8 Å². The van der Waals surface area contributed by atoms with E-state index in [1.165, 1.54) is 12.5 Å². The minimum atomic E-state index is -1.21. The molecule has 2 aromatic heterocycles. The van der Waals surface area contributed by atoms with Crippen molar-refractivity contribution in [1.29, 1.82) is 0 Å². The van der Waals surface area contributed by atoms with Crippen LogP contribution in [0.25, 0.3) is 11.5 Å². The van der Waals surface area contributed by atoms with Crippen molar-refractivity contribution in [3.05, 3.63) is 29.8 Å². The molecule has 2 amide bonds. The van der Waals surface area contributed by atoms with Gasteiger partial charge in [-0.1, -0.05) is 20.8 Å². The minimum absolute atomic E-state index is 0.152. The largest absolute Gasteiger partial charge is 0.465 e. The maximum atomic E-state index is 12.3. The normalized spacial score (nSPS) is 11.9. The molecule has 0 fully saturated rings. The number of carbonyl (C=O) groups excluding carboxylic acids is 1. The van der Waals surface area contributed by atoms with Crippen LogP contribution in [0.15, 0.2) is 22.9 Å². The van der Waals surface area contributed by atoms with Crippen molar-refractivity contribution < 1.29 is 19.1 Å². The molecule has 0 unspecified atom stereocenters. The zero-order valence-electron chi connectivity index (χ0n) is 15.8. The fourth-order valence-electron chi connectivity index (χ4n) is 2.50. The SMILES string of the molecule is CC(C)(C)NC(=O)c1coc(-c2ccnc(NC(=O)O)c2C(C)(C)C)n1. The van der Waals surface area contributed by atoms with Crippen LogP contribution in [0.4, 0.5) is 10.6 Å². The Morgan fingerprint density at radius 1 is 1.15 bits per heavy atom. The quantitative estimate of drug-likeness (QED) is 0.769. The summed E-state index contributed by atoms with van der Waals surface area (Å²) < 4.78 is 5.51. The summed E-state index contributed by atoms with van der Waals surface area (Å²) in [4.78, 5) is 31.7. The number of hydrogen-bond donors (Lipinski definition) is 3. The Morgan fingerprint density at radius 2 is 1.81 bits per heavy atom. The molecule has 0 aromatic carbocycles. The second kappa shape index (κ2) is 6.78. The van der Waals surface area contributed by atoms with Gasteiger partial charge in [0.25, 0.3) is 5.91 Å². The van der Waals surface area contributed by atoms with E-state index in [-0.39, 0.29) is 23.3 Å². The molecule has 0 bridgehead atoms. The number of aromatic nitrogens is 2. The number of nitrogens with zero attached hydrogens (tertiary/aromatic N) is 2. The molecule has 8 nitrogen and oxygen atoms in total. The summed E-state index contributed by atoms with van der Waals surface area (Å²) in [6.45, 7) is 11.4. The molecule has 140 valence electrons. The molecule has 2 heterocycles. The highest BCUT2D eigenvalue weighted by Gasteiger charge is 2.27. The van der Waals surface area contributed by atoms with E-state index >= 15 is 0 Å². The number of rotatable bonds is 3.